The second-order valence-corrected chi connectivity index (χ2v) is 12.8. The van der Waals surface area contributed by atoms with E-state index in [1.807, 2.05) is 0 Å². The lowest BCUT2D eigenvalue weighted by molar-refractivity contribution is 0.346. The molecule has 0 aromatic heterocycles. The van der Waals surface area contributed by atoms with Gasteiger partial charge < -0.3 is 4.74 Å². The highest BCUT2D eigenvalue weighted by molar-refractivity contribution is 6.80. The van der Waals surface area contributed by atoms with Crippen molar-refractivity contribution < 1.29 is 4.74 Å². The zero-order chi connectivity index (χ0) is 14.4. The molecular weight excluding hydrogens is 272 g/mol. The molecule has 0 radical (unpaired) electrons. The van der Waals surface area contributed by atoms with Crippen molar-refractivity contribution in [2.45, 2.75) is 95.7 Å². The summed E-state index contributed by atoms with van der Waals surface area (Å²) in [5, 5.41) is 0.0929. The lowest BCUT2D eigenvalue weighted by Crippen LogP contribution is -2.45. The van der Waals surface area contributed by atoms with Gasteiger partial charge in [-0.1, -0.05) is 77.9 Å². The second kappa shape index (κ2) is 8.04. The van der Waals surface area contributed by atoms with Crippen LogP contribution in [0.4, 0.5) is 0 Å². The van der Waals surface area contributed by atoms with Gasteiger partial charge in [-0.2, -0.15) is 0 Å². The molecule has 0 bridgehead atoms. The van der Waals surface area contributed by atoms with Gasteiger partial charge in [-0.05, 0) is 6.42 Å². The van der Waals surface area contributed by atoms with Crippen molar-refractivity contribution in [3.8, 4) is 0 Å². The molecule has 0 saturated carbocycles. The molecule has 1 nitrogen and oxygen atoms in total. The molecule has 2 atom stereocenters. The lowest BCUT2D eigenvalue weighted by Gasteiger charge is -2.24. The summed E-state index contributed by atoms with van der Waals surface area (Å²) < 4.78 is 6.01. The third-order valence-corrected chi connectivity index (χ3v) is 8.38. The van der Waals surface area contributed by atoms with E-state index >= 15 is 0 Å². The van der Waals surface area contributed by atoms with Crippen LogP contribution in [0.5, 0.6) is 0 Å². The fraction of sp³-hybridized carbons (Fsp3) is 1.00. The number of epoxide rings is 1. The number of rotatable bonds is 11. The minimum absolute atomic E-state index is 0.0929. The van der Waals surface area contributed by atoms with Crippen molar-refractivity contribution in [1.29, 1.82) is 0 Å². The Morgan fingerprint density at radius 2 is 1.47 bits per heavy atom. The Morgan fingerprint density at radius 3 is 1.89 bits per heavy atom. The molecule has 3 heteroatoms. The molecule has 1 fully saturated rings. The summed E-state index contributed by atoms with van der Waals surface area (Å²) in [5.74, 6) is 0.699. The van der Waals surface area contributed by atoms with Crippen LogP contribution in [-0.2, 0) is 4.74 Å². The summed E-state index contributed by atoms with van der Waals surface area (Å²) in [6.07, 6.45) is 12.8. The van der Waals surface area contributed by atoms with Gasteiger partial charge in [-0.25, -0.2) is 0 Å². The molecule has 1 saturated heterocycles. The van der Waals surface area contributed by atoms with Crippen LogP contribution in [0.25, 0.3) is 0 Å². The summed E-state index contributed by atoms with van der Waals surface area (Å²) in [5.41, 5.74) is 0. The Hall–Kier alpha value is 0.467. The fourth-order valence-corrected chi connectivity index (χ4v) is 6.40. The molecule has 0 aromatic carbocycles. The van der Waals surface area contributed by atoms with E-state index in [1.165, 1.54) is 57.8 Å². The summed E-state index contributed by atoms with van der Waals surface area (Å²) in [6, 6.07) is 0. The van der Waals surface area contributed by atoms with E-state index in [-0.39, 0.29) is 5.22 Å². The van der Waals surface area contributed by atoms with Crippen molar-refractivity contribution in [2.75, 3.05) is 5.88 Å². The van der Waals surface area contributed by atoms with Gasteiger partial charge >= 0.3 is 0 Å². The SMILES string of the molecule is CCCCCCCCCC[C@@H]1O[C@]1(CCl)[Si](C)(C)C. The Labute approximate surface area is 126 Å². The maximum Gasteiger partial charge on any atom is 0.0971 e. The highest BCUT2D eigenvalue weighted by atomic mass is 35.5. The monoisotopic (exact) mass is 304 g/mol. The van der Waals surface area contributed by atoms with E-state index in [1.54, 1.807) is 0 Å². The molecule has 114 valence electrons. The highest BCUT2D eigenvalue weighted by Crippen LogP contribution is 2.47. The number of halogens is 1. The van der Waals surface area contributed by atoms with Crippen molar-refractivity contribution in [3.63, 3.8) is 0 Å². The third kappa shape index (κ3) is 5.06. The predicted octanol–water partition coefficient (Wildman–Crippen LogP) is 5.77. The lowest BCUT2D eigenvalue weighted by atomic mass is 10.1. The fourth-order valence-electron chi connectivity index (χ4n) is 2.95. The molecule has 0 N–H and O–H groups in total. The molecule has 0 unspecified atom stereocenters. The van der Waals surface area contributed by atoms with Gasteiger partial charge in [0.25, 0.3) is 0 Å². The van der Waals surface area contributed by atoms with E-state index in [4.69, 9.17) is 16.3 Å². The Bertz CT molecular complexity index is 252. The van der Waals surface area contributed by atoms with Crippen molar-refractivity contribution in [1.82, 2.24) is 0 Å². The zero-order valence-corrected chi connectivity index (χ0v) is 15.2. The average Bonchev–Trinajstić information content (AvgIpc) is 3.07. The van der Waals surface area contributed by atoms with Crippen LogP contribution in [0.15, 0.2) is 0 Å². The Kier molecular flexibility index (Phi) is 7.42. The minimum Gasteiger partial charge on any atom is -0.369 e. The largest absolute Gasteiger partial charge is 0.369 e. The van der Waals surface area contributed by atoms with Gasteiger partial charge in [0.05, 0.1) is 25.3 Å². The molecule has 1 aliphatic rings. The predicted molar refractivity (Wildman–Crippen MR) is 88.9 cm³/mol. The first-order chi connectivity index (χ1) is 8.98. The van der Waals surface area contributed by atoms with Gasteiger partial charge in [-0.15, -0.1) is 11.6 Å². The van der Waals surface area contributed by atoms with Crippen LogP contribution in [0, 0.1) is 0 Å². The summed E-state index contributed by atoms with van der Waals surface area (Å²) in [6.45, 7) is 9.41. The molecule has 0 aromatic rings. The van der Waals surface area contributed by atoms with E-state index in [0.29, 0.717) is 12.0 Å². The average molecular weight is 305 g/mol. The van der Waals surface area contributed by atoms with E-state index in [0.717, 1.165) is 0 Å². The van der Waals surface area contributed by atoms with Gasteiger partial charge in [0.2, 0.25) is 0 Å². The second-order valence-electron chi connectivity index (χ2n) is 7.14. The molecule has 19 heavy (non-hydrogen) atoms. The van der Waals surface area contributed by atoms with Crippen LogP contribution in [0.1, 0.15) is 64.7 Å². The van der Waals surface area contributed by atoms with Crippen molar-refractivity contribution >= 4 is 19.7 Å². The van der Waals surface area contributed by atoms with Crippen LogP contribution >= 0.6 is 11.6 Å². The minimum atomic E-state index is -1.28. The number of alkyl halides is 1. The van der Waals surface area contributed by atoms with Gasteiger partial charge in [0.15, 0.2) is 0 Å². The first-order valence-electron chi connectivity index (χ1n) is 8.21. The molecular formula is C16H33ClOSi. The number of unbranched alkanes of at least 4 members (excludes halogenated alkanes) is 7. The molecule has 0 amide bonds. The highest BCUT2D eigenvalue weighted by Gasteiger charge is 2.62. The topological polar surface area (TPSA) is 12.5 Å². The first kappa shape index (κ1) is 17.5. The molecule has 1 aliphatic heterocycles. The standard InChI is InChI=1S/C16H33ClOSi/c1-5-6-7-8-9-10-11-12-13-15-16(14-17,18-15)19(2,3)4/h15H,5-14H2,1-4H3/t15-,16+/m0/s1. The molecule has 1 rings (SSSR count). The zero-order valence-electron chi connectivity index (χ0n) is 13.4. The number of hydrogen-bond acceptors (Lipinski definition) is 1. The third-order valence-electron chi connectivity index (χ3n) is 4.60. The van der Waals surface area contributed by atoms with Gasteiger partial charge in [0, 0.05) is 0 Å². The molecule has 1 heterocycles. The molecule has 0 aliphatic carbocycles. The smallest absolute Gasteiger partial charge is 0.0971 e. The van der Waals surface area contributed by atoms with E-state index in [9.17, 15) is 0 Å². The van der Waals surface area contributed by atoms with Crippen molar-refractivity contribution in [2.24, 2.45) is 0 Å². The summed E-state index contributed by atoms with van der Waals surface area (Å²) >= 11 is 6.16. The number of ether oxygens (including phenoxy) is 1. The quantitative estimate of drug-likeness (QED) is 0.204. The van der Waals surface area contributed by atoms with E-state index < -0.39 is 8.07 Å². The van der Waals surface area contributed by atoms with Gasteiger partial charge in [-0.3, -0.25) is 0 Å². The van der Waals surface area contributed by atoms with Crippen LogP contribution < -0.4 is 0 Å². The van der Waals surface area contributed by atoms with Crippen LogP contribution in [-0.4, -0.2) is 25.3 Å². The first-order valence-corrected chi connectivity index (χ1v) is 12.2. The number of hydrogen-bond donors (Lipinski definition) is 0. The normalized spacial score (nSPS) is 26.7. The van der Waals surface area contributed by atoms with Crippen LogP contribution in [0.2, 0.25) is 19.6 Å². The summed E-state index contributed by atoms with van der Waals surface area (Å²) in [4.78, 5) is 0. The van der Waals surface area contributed by atoms with Gasteiger partial charge in [0.1, 0.15) is 0 Å². The molecule has 0 spiro atoms. The Morgan fingerprint density at radius 1 is 0.947 bits per heavy atom. The van der Waals surface area contributed by atoms with E-state index in [2.05, 4.69) is 26.6 Å². The van der Waals surface area contributed by atoms with Crippen molar-refractivity contribution in [3.05, 3.63) is 0 Å². The van der Waals surface area contributed by atoms with Crippen LogP contribution in [0.3, 0.4) is 0 Å². The maximum absolute atomic E-state index is 6.16. The summed E-state index contributed by atoms with van der Waals surface area (Å²) in [7, 11) is -1.28. The maximum atomic E-state index is 6.16. The Balaban J connectivity index is 2.03.